The summed E-state index contributed by atoms with van der Waals surface area (Å²) >= 11 is 0. The van der Waals surface area contributed by atoms with E-state index < -0.39 is 0 Å². The van der Waals surface area contributed by atoms with Crippen LogP contribution in [0.2, 0.25) is 0 Å². The van der Waals surface area contributed by atoms with Crippen LogP contribution < -0.4 is 4.74 Å². The zero-order valence-corrected chi connectivity index (χ0v) is 23.3. The lowest BCUT2D eigenvalue weighted by Gasteiger charge is -2.20. The number of aryl methyl sites for hydroxylation is 1. The third-order valence-corrected chi connectivity index (χ3v) is 7.39. The highest BCUT2D eigenvalue weighted by molar-refractivity contribution is 6.11. The number of pyridine rings is 2. The highest BCUT2D eigenvalue weighted by Crippen LogP contribution is 2.40. The molecule has 0 aliphatic heterocycles. The molecule has 5 nitrogen and oxygen atoms in total. The number of hydrogen-bond donors (Lipinski definition) is 1. The molecule has 0 bridgehead atoms. The molecule has 0 unspecified atom stereocenters. The van der Waals surface area contributed by atoms with Crippen LogP contribution in [0.3, 0.4) is 0 Å². The minimum Gasteiger partial charge on any atom is -0.505 e. The third kappa shape index (κ3) is 4.28. The van der Waals surface area contributed by atoms with Crippen molar-refractivity contribution >= 4 is 32.7 Å². The molecule has 3 aromatic carbocycles. The fourth-order valence-electron chi connectivity index (χ4n) is 5.44. The first-order valence-electron chi connectivity index (χ1n) is 13.4. The SMILES string of the molecule is Cc1ccnc(-n2c3cc(Oc4ccc5ccc(C(C)C)c(O)c5n4)ccc3c3c(C(C)(C)C)cccc32)c1. The van der Waals surface area contributed by atoms with Crippen LogP contribution in [0.4, 0.5) is 0 Å². The maximum Gasteiger partial charge on any atom is 0.219 e. The van der Waals surface area contributed by atoms with Gasteiger partial charge in [-0.1, -0.05) is 58.9 Å². The highest BCUT2D eigenvalue weighted by Gasteiger charge is 2.23. The normalized spacial score (nSPS) is 12.2. The van der Waals surface area contributed by atoms with E-state index in [1.165, 1.54) is 10.9 Å². The second-order valence-corrected chi connectivity index (χ2v) is 11.6. The lowest BCUT2D eigenvalue weighted by molar-refractivity contribution is 0.457. The van der Waals surface area contributed by atoms with Gasteiger partial charge in [-0.15, -0.1) is 0 Å². The van der Waals surface area contributed by atoms with E-state index in [1.807, 2.05) is 42.6 Å². The third-order valence-electron chi connectivity index (χ3n) is 7.39. The van der Waals surface area contributed by atoms with Gasteiger partial charge in [-0.3, -0.25) is 4.57 Å². The van der Waals surface area contributed by atoms with Gasteiger partial charge >= 0.3 is 0 Å². The number of benzene rings is 3. The van der Waals surface area contributed by atoms with Crippen molar-refractivity contribution in [1.29, 1.82) is 0 Å². The minimum absolute atomic E-state index is 0.0281. The molecule has 39 heavy (non-hydrogen) atoms. The van der Waals surface area contributed by atoms with E-state index in [9.17, 15) is 5.11 Å². The molecule has 0 saturated carbocycles. The van der Waals surface area contributed by atoms with Crippen molar-refractivity contribution < 1.29 is 9.84 Å². The highest BCUT2D eigenvalue weighted by atomic mass is 16.5. The number of ether oxygens (including phenoxy) is 1. The van der Waals surface area contributed by atoms with E-state index >= 15 is 0 Å². The number of hydrogen-bond acceptors (Lipinski definition) is 4. The van der Waals surface area contributed by atoms with Crippen LogP contribution in [0.5, 0.6) is 17.4 Å². The zero-order valence-electron chi connectivity index (χ0n) is 23.3. The molecule has 5 heteroatoms. The first kappa shape index (κ1) is 24.9. The van der Waals surface area contributed by atoms with Gasteiger partial charge in [0.1, 0.15) is 22.8 Å². The van der Waals surface area contributed by atoms with Crippen molar-refractivity contribution in [2.75, 3.05) is 0 Å². The lowest BCUT2D eigenvalue weighted by Crippen LogP contribution is -2.11. The fourth-order valence-corrected chi connectivity index (χ4v) is 5.44. The van der Waals surface area contributed by atoms with Crippen LogP contribution >= 0.6 is 0 Å². The van der Waals surface area contributed by atoms with Gasteiger partial charge in [0.25, 0.3) is 0 Å². The summed E-state index contributed by atoms with van der Waals surface area (Å²) in [5.41, 5.74) is 5.96. The van der Waals surface area contributed by atoms with Crippen molar-refractivity contribution in [3.05, 3.63) is 95.7 Å². The molecule has 0 fully saturated rings. The monoisotopic (exact) mass is 515 g/mol. The summed E-state index contributed by atoms with van der Waals surface area (Å²) in [5, 5.41) is 14.1. The molecule has 3 heterocycles. The summed E-state index contributed by atoms with van der Waals surface area (Å²) in [5.74, 6) is 2.38. The maximum atomic E-state index is 10.9. The van der Waals surface area contributed by atoms with Crippen LogP contribution in [0.15, 0.2) is 79.0 Å². The Morgan fingerprint density at radius 1 is 0.897 bits per heavy atom. The van der Waals surface area contributed by atoms with Crippen molar-refractivity contribution in [1.82, 2.24) is 14.5 Å². The van der Waals surface area contributed by atoms with Gasteiger partial charge in [0.2, 0.25) is 5.88 Å². The van der Waals surface area contributed by atoms with Gasteiger partial charge in [-0.05, 0) is 71.3 Å². The molecule has 0 aliphatic carbocycles. The van der Waals surface area contributed by atoms with Crippen molar-refractivity contribution in [2.45, 2.75) is 52.9 Å². The molecule has 0 aliphatic rings. The van der Waals surface area contributed by atoms with Gasteiger partial charge in [0, 0.05) is 34.5 Å². The molecule has 6 rings (SSSR count). The Morgan fingerprint density at radius 3 is 2.44 bits per heavy atom. The number of fused-ring (bicyclic) bond motifs is 4. The van der Waals surface area contributed by atoms with Crippen LogP contribution in [-0.4, -0.2) is 19.6 Å². The molecule has 0 radical (unpaired) electrons. The standard InChI is InChI=1S/C34H33N3O2/c1-20(2)24-13-10-22-11-15-30(36-32(22)33(24)38)39-23-12-14-25-28(19-23)37(29-18-21(3)16-17-35-29)27-9-7-8-26(31(25)27)34(4,5)6/h7-20,38H,1-6H3. The molecule has 0 spiro atoms. The van der Waals surface area contributed by atoms with Gasteiger partial charge in [0.15, 0.2) is 0 Å². The smallest absolute Gasteiger partial charge is 0.219 e. The molecular weight excluding hydrogens is 482 g/mol. The molecule has 3 aromatic heterocycles. The summed E-state index contributed by atoms with van der Waals surface area (Å²) in [7, 11) is 0. The molecule has 1 N–H and O–H groups in total. The molecule has 6 aromatic rings. The number of phenols is 1. The van der Waals surface area contributed by atoms with Crippen molar-refractivity contribution in [3.8, 4) is 23.2 Å². The Bertz CT molecular complexity index is 1880. The quantitative estimate of drug-likeness (QED) is 0.254. The number of aromatic hydroxyl groups is 1. The summed E-state index contributed by atoms with van der Waals surface area (Å²) < 4.78 is 8.52. The number of phenolic OH excluding ortho intramolecular Hbond substituents is 1. The molecule has 0 atom stereocenters. The maximum absolute atomic E-state index is 10.9. The molecule has 0 amide bonds. The Balaban J connectivity index is 1.54. The lowest BCUT2D eigenvalue weighted by atomic mass is 9.84. The molecular formula is C34H33N3O2. The Kier molecular flexibility index (Phi) is 5.83. The van der Waals surface area contributed by atoms with E-state index in [1.54, 1.807) is 0 Å². The Labute approximate surface area is 228 Å². The van der Waals surface area contributed by atoms with Crippen LogP contribution in [0, 0.1) is 6.92 Å². The second-order valence-electron chi connectivity index (χ2n) is 11.6. The van der Waals surface area contributed by atoms with Gasteiger partial charge in [0.05, 0.1) is 11.0 Å². The number of nitrogens with zero attached hydrogens (tertiary/aromatic N) is 3. The van der Waals surface area contributed by atoms with Crippen molar-refractivity contribution in [2.24, 2.45) is 0 Å². The summed E-state index contributed by atoms with van der Waals surface area (Å²) in [6.07, 6.45) is 1.85. The van der Waals surface area contributed by atoms with Crippen LogP contribution in [0.25, 0.3) is 38.5 Å². The van der Waals surface area contributed by atoms with E-state index in [-0.39, 0.29) is 17.1 Å². The molecule has 196 valence electrons. The largest absolute Gasteiger partial charge is 0.505 e. The predicted octanol–water partition coefficient (Wildman–Crippen LogP) is 8.95. The zero-order chi connectivity index (χ0) is 27.5. The van der Waals surface area contributed by atoms with Crippen LogP contribution in [0.1, 0.15) is 57.2 Å². The Hall–Kier alpha value is -4.38. The first-order valence-corrected chi connectivity index (χ1v) is 13.4. The second kappa shape index (κ2) is 9.12. The van der Waals surface area contributed by atoms with E-state index in [4.69, 9.17) is 9.72 Å². The van der Waals surface area contributed by atoms with E-state index in [2.05, 4.69) is 87.5 Å². The summed E-state index contributed by atoms with van der Waals surface area (Å²) in [4.78, 5) is 9.42. The summed E-state index contributed by atoms with van der Waals surface area (Å²) in [6, 6.07) is 24.5. The number of aromatic nitrogens is 3. The molecule has 0 saturated heterocycles. The predicted molar refractivity (Wildman–Crippen MR) is 160 cm³/mol. The van der Waals surface area contributed by atoms with Crippen LogP contribution in [-0.2, 0) is 5.41 Å². The van der Waals surface area contributed by atoms with Gasteiger partial charge in [-0.25, -0.2) is 9.97 Å². The average Bonchev–Trinajstić information content (AvgIpc) is 3.22. The topological polar surface area (TPSA) is 60.2 Å². The van der Waals surface area contributed by atoms with Gasteiger partial charge in [-0.2, -0.15) is 0 Å². The Morgan fingerprint density at radius 2 is 1.69 bits per heavy atom. The fraction of sp³-hybridized carbons (Fsp3) is 0.235. The van der Waals surface area contributed by atoms with E-state index in [0.29, 0.717) is 17.1 Å². The van der Waals surface area contributed by atoms with Crippen molar-refractivity contribution in [3.63, 3.8) is 0 Å². The van der Waals surface area contributed by atoms with Gasteiger partial charge < -0.3 is 9.84 Å². The first-order chi connectivity index (χ1) is 18.6. The number of rotatable bonds is 4. The average molecular weight is 516 g/mol. The van der Waals surface area contributed by atoms with E-state index in [0.717, 1.165) is 38.8 Å². The summed E-state index contributed by atoms with van der Waals surface area (Å²) in [6.45, 7) is 12.9. The minimum atomic E-state index is -0.0281.